The maximum Gasteiger partial charge on any atom is 0.177 e. The molecule has 0 aliphatic carbocycles. The molecule has 2 heterocycles. The van der Waals surface area contributed by atoms with Gasteiger partial charge in [-0.3, -0.25) is 0 Å². The van der Waals surface area contributed by atoms with Gasteiger partial charge in [0.15, 0.2) is 28.5 Å². The van der Waals surface area contributed by atoms with Crippen molar-refractivity contribution in [1.82, 2.24) is 19.9 Å². The summed E-state index contributed by atoms with van der Waals surface area (Å²) in [6.45, 7) is 3.43. The zero-order valence-electron chi connectivity index (χ0n) is 15.2. The summed E-state index contributed by atoms with van der Waals surface area (Å²) in [4.78, 5) is 20.3. The standard InChI is InChI=1S/C19H4N12/c1-8(2-20)9(3-21)27-15-14(26)16-18(29-11(5-23)10(4-22)28-16)19-17(15)30-12(6-24)13(7-25)31-19/h1,26H2. The van der Waals surface area contributed by atoms with Crippen LogP contribution in [0.1, 0.15) is 22.8 Å². The average Bonchev–Trinajstić information content (AvgIpc) is 2.81. The van der Waals surface area contributed by atoms with Crippen molar-refractivity contribution in [3.05, 3.63) is 34.9 Å². The first-order valence-electron chi connectivity index (χ1n) is 7.97. The van der Waals surface area contributed by atoms with E-state index in [0.717, 1.165) is 0 Å². The summed E-state index contributed by atoms with van der Waals surface area (Å²) in [5.41, 5.74) is 3.46. The zero-order chi connectivity index (χ0) is 22.7. The molecule has 0 atom stereocenters. The van der Waals surface area contributed by atoms with E-state index in [0.29, 0.717) is 0 Å². The number of anilines is 1. The molecule has 0 fully saturated rings. The molecule has 31 heavy (non-hydrogen) atoms. The van der Waals surface area contributed by atoms with Crippen LogP contribution in [0.25, 0.3) is 22.1 Å². The minimum absolute atomic E-state index is 0.0619. The zero-order valence-corrected chi connectivity index (χ0v) is 15.2. The highest BCUT2D eigenvalue weighted by Crippen LogP contribution is 2.38. The van der Waals surface area contributed by atoms with E-state index in [1.165, 1.54) is 0 Å². The summed E-state index contributed by atoms with van der Waals surface area (Å²) in [6, 6.07) is 10.3. The number of nitrogens with two attached hydrogens (primary N) is 1. The summed E-state index contributed by atoms with van der Waals surface area (Å²) < 4.78 is 0. The minimum atomic E-state index is -0.387. The Bertz CT molecular complexity index is 1620. The number of hydrogen-bond acceptors (Lipinski definition) is 12. The lowest BCUT2D eigenvalue weighted by atomic mass is 10.1. The van der Waals surface area contributed by atoms with Crippen molar-refractivity contribution in [3.63, 3.8) is 0 Å². The summed E-state index contributed by atoms with van der Waals surface area (Å²) in [5.74, 6) is 0. The monoisotopic (exact) mass is 400 g/mol. The lowest BCUT2D eigenvalue weighted by Gasteiger charge is -2.11. The van der Waals surface area contributed by atoms with Gasteiger partial charge < -0.3 is 5.73 Å². The molecule has 2 N–H and O–H groups in total. The molecule has 1 aromatic carbocycles. The van der Waals surface area contributed by atoms with Crippen LogP contribution in [0.2, 0.25) is 0 Å². The highest BCUT2D eigenvalue weighted by molar-refractivity contribution is 6.19. The van der Waals surface area contributed by atoms with Crippen LogP contribution in [0, 0.1) is 68.0 Å². The molecule has 0 spiro atoms. The molecule has 12 nitrogen and oxygen atoms in total. The highest BCUT2D eigenvalue weighted by atomic mass is 14.9. The van der Waals surface area contributed by atoms with Gasteiger partial charge in [0.05, 0.1) is 11.3 Å². The maximum absolute atomic E-state index is 9.33. The van der Waals surface area contributed by atoms with Crippen LogP contribution < -0.4 is 5.73 Å². The summed E-state index contributed by atoms with van der Waals surface area (Å²) in [6.07, 6.45) is 0. The normalized spacial score (nSPS) is 10.2. The molecule has 12 heteroatoms. The molecule has 0 unspecified atom stereocenters. The van der Waals surface area contributed by atoms with Crippen molar-refractivity contribution in [2.75, 3.05) is 5.73 Å². The van der Waals surface area contributed by atoms with Crippen LogP contribution in [0.5, 0.6) is 0 Å². The van der Waals surface area contributed by atoms with Crippen LogP contribution in [0.15, 0.2) is 17.1 Å². The Morgan fingerprint density at radius 1 is 0.677 bits per heavy atom. The largest absolute Gasteiger partial charge is 0.395 e. The number of allylic oxidation sites excluding steroid dienone is 1. The lowest BCUT2D eigenvalue weighted by Crippen LogP contribution is -2.05. The van der Waals surface area contributed by atoms with Crippen LogP contribution in [0.4, 0.5) is 11.4 Å². The van der Waals surface area contributed by atoms with Gasteiger partial charge in [0.25, 0.3) is 0 Å². The number of benzene rings is 1. The molecule has 0 bridgehead atoms. The molecule has 3 aromatic rings. The number of hydrogen-bond donors (Lipinski definition) is 1. The van der Waals surface area contributed by atoms with Gasteiger partial charge in [-0.15, -0.1) is 0 Å². The number of aromatic nitrogens is 4. The van der Waals surface area contributed by atoms with Crippen molar-refractivity contribution in [1.29, 1.82) is 31.6 Å². The van der Waals surface area contributed by atoms with Crippen LogP contribution in [0.3, 0.4) is 0 Å². The van der Waals surface area contributed by atoms with Crippen molar-refractivity contribution in [2.24, 2.45) is 4.99 Å². The molecule has 0 aliphatic heterocycles. The number of aliphatic imine (C=N–C) groups is 1. The first-order chi connectivity index (χ1) is 14.9. The van der Waals surface area contributed by atoms with Gasteiger partial charge in [-0.1, -0.05) is 6.58 Å². The fourth-order valence-corrected chi connectivity index (χ4v) is 2.54. The lowest BCUT2D eigenvalue weighted by molar-refractivity contribution is 1.17. The van der Waals surface area contributed by atoms with Crippen LogP contribution in [-0.2, 0) is 0 Å². The molecule has 0 amide bonds. The molecule has 0 saturated heterocycles. The third-order valence-corrected chi connectivity index (χ3v) is 3.92. The second-order valence-corrected chi connectivity index (χ2v) is 5.61. The highest BCUT2D eigenvalue weighted by Gasteiger charge is 2.22. The van der Waals surface area contributed by atoms with E-state index in [1.54, 1.807) is 36.4 Å². The van der Waals surface area contributed by atoms with E-state index in [2.05, 4.69) is 31.5 Å². The van der Waals surface area contributed by atoms with E-state index in [-0.39, 0.29) is 67.5 Å². The summed E-state index contributed by atoms with van der Waals surface area (Å²) in [5, 5.41) is 55.5. The van der Waals surface area contributed by atoms with E-state index >= 15 is 0 Å². The molecule has 3 rings (SSSR count). The number of nitrogens with zero attached hydrogens (tertiary/aromatic N) is 11. The van der Waals surface area contributed by atoms with Crippen LogP contribution in [-0.4, -0.2) is 25.6 Å². The molecule has 0 aliphatic rings. The van der Waals surface area contributed by atoms with E-state index < -0.39 is 0 Å². The van der Waals surface area contributed by atoms with Gasteiger partial charge in [0.1, 0.15) is 64.2 Å². The van der Waals surface area contributed by atoms with Gasteiger partial charge in [-0.2, -0.15) is 31.6 Å². The van der Waals surface area contributed by atoms with Gasteiger partial charge in [0.2, 0.25) is 0 Å². The predicted octanol–water partition coefficient (Wildman–Crippen LogP) is 1.32. The first kappa shape index (κ1) is 19.8. The Labute approximate surface area is 173 Å². The van der Waals surface area contributed by atoms with Gasteiger partial charge in [0, 0.05) is 0 Å². The maximum atomic E-state index is 9.33. The second-order valence-electron chi connectivity index (χ2n) is 5.61. The Kier molecular flexibility index (Phi) is 4.84. The van der Waals surface area contributed by atoms with Crippen molar-refractivity contribution in [3.8, 4) is 36.4 Å². The van der Waals surface area contributed by atoms with E-state index in [4.69, 9.17) is 11.0 Å². The Hall–Kier alpha value is -5.95. The number of rotatable bonds is 2. The fraction of sp³-hybridized carbons (Fsp3) is 0. The van der Waals surface area contributed by atoms with Gasteiger partial charge in [-0.25, -0.2) is 24.9 Å². The SMILES string of the molecule is C=C(C#N)C(C#N)=Nc1c(N)c2nc(C#N)c(C#N)nc2c2nc(C#N)c(C#N)nc12. The quantitative estimate of drug-likeness (QED) is 0.278. The topological polar surface area (TPSA) is 233 Å². The number of nitrogen functional groups attached to an aromatic ring is 1. The first-order valence-corrected chi connectivity index (χ1v) is 7.97. The van der Waals surface area contributed by atoms with Crippen molar-refractivity contribution in [2.45, 2.75) is 0 Å². The van der Waals surface area contributed by atoms with Gasteiger partial charge in [-0.05, 0) is 0 Å². The van der Waals surface area contributed by atoms with Gasteiger partial charge >= 0.3 is 0 Å². The van der Waals surface area contributed by atoms with Crippen molar-refractivity contribution < 1.29 is 0 Å². The predicted molar refractivity (Wildman–Crippen MR) is 103 cm³/mol. The Morgan fingerprint density at radius 2 is 1.10 bits per heavy atom. The molecule has 140 valence electrons. The minimum Gasteiger partial charge on any atom is -0.395 e. The summed E-state index contributed by atoms with van der Waals surface area (Å²) >= 11 is 0. The summed E-state index contributed by atoms with van der Waals surface area (Å²) in [7, 11) is 0. The third-order valence-electron chi connectivity index (χ3n) is 3.92. The third kappa shape index (κ3) is 3.04. The van der Waals surface area contributed by atoms with E-state index in [9.17, 15) is 26.3 Å². The second kappa shape index (κ2) is 7.58. The van der Waals surface area contributed by atoms with Crippen molar-refractivity contribution >= 4 is 39.2 Å². The Balaban J connectivity index is 2.67. The molecule has 2 aromatic heterocycles. The smallest absolute Gasteiger partial charge is 0.177 e. The number of fused-ring (bicyclic) bond motifs is 3. The molecule has 0 saturated carbocycles. The molecular formula is C19H4N12. The Morgan fingerprint density at radius 3 is 1.52 bits per heavy atom. The fourth-order valence-electron chi connectivity index (χ4n) is 2.54. The number of nitriles is 6. The average molecular weight is 400 g/mol. The molecule has 0 radical (unpaired) electrons. The van der Waals surface area contributed by atoms with E-state index in [1.807, 2.05) is 0 Å². The molecular weight excluding hydrogens is 396 g/mol. The van der Waals surface area contributed by atoms with Crippen LogP contribution >= 0.6 is 0 Å².